The van der Waals surface area contributed by atoms with Crippen LogP contribution in [-0.4, -0.2) is 4.98 Å². The van der Waals surface area contributed by atoms with Crippen LogP contribution in [0.2, 0.25) is 5.02 Å². The van der Waals surface area contributed by atoms with E-state index < -0.39 is 0 Å². The summed E-state index contributed by atoms with van der Waals surface area (Å²) in [5.74, 6) is 0.236. The first-order valence-corrected chi connectivity index (χ1v) is 8.06. The number of nitrogens with zero attached hydrogens (tertiary/aromatic N) is 2. The fourth-order valence-electron chi connectivity index (χ4n) is 2.60. The van der Waals surface area contributed by atoms with Crippen molar-refractivity contribution < 1.29 is 0 Å². The number of hydrogen-bond donors (Lipinski definition) is 1. The van der Waals surface area contributed by atoms with Gasteiger partial charge in [-0.1, -0.05) is 54.9 Å². The standard InChI is InChI=1S/C20H16ClN3/c1-2-13-3-5-14(6-4-13)17-11-19(24-20(23)18(17)12-22)15-7-9-16(21)10-8-15/h3-11H,2H2,1H3,(H2,23,24). The maximum Gasteiger partial charge on any atom is 0.142 e. The van der Waals surface area contributed by atoms with E-state index in [1.54, 1.807) is 0 Å². The molecule has 0 fully saturated rings. The van der Waals surface area contributed by atoms with Gasteiger partial charge in [0.15, 0.2) is 0 Å². The van der Waals surface area contributed by atoms with Gasteiger partial charge in [-0.2, -0.15) is 5.26 Å². The molecule has 0 aliphatic carbocycles. The smallest absolute Gasteiger partial charge is 0.142 e. The molecule has 4 heteroatoms. The van der Waals surface area contributed by atoms with Crippen molar-refractivity contribution in [1.29, 1.82) is 5.26 Å². The Balaban J connectivity index is 2.16. The highest BCUT2D eigenvalue weighted by atomic mass is 35.5. The lowest BCUT2D eigenvalue weighted by Crippen LogP contribution is -1.99. The number of nitriles is 1. The molecule has 24 heavy (non-hydrogen) atoms. The van der Waals surface area contributed by atoms with E-state index in [1.165, 1.54) is 5.56 Å². The minimum atomic E-state index is 0.236. The summed E-state index contributed by atoms with van der Waals surface area (Å²) in [6, 6.07) is 19.6. The van der Waals surface area contributed by atoms with Crippen molar-refractivity contribution in [2.24, 2.45) is 0 Å². The lowest BCUT2D eigenvalue weighted by Gasteiger charge is -2.11. The second-order valence-electron chi connectivity index (χ2n) is 5.48. The predicted octanol–water partition coefficient (Wildman–Crippen LogP) is 5.09. The van der Waals surface area contributed by atoms with E-state index >= 15 is 0 Å². The first kappa shape index (κ1) is 16.0. The fourth-order valence-corrected chi connectivity index (χ4v) is 2.72. The number of anilines is 1. The first-order valence-electron chi connectivity index (χ1n) is 7.68. The third kappa shape index (κ3) is 3.10. The quantitative estimate of drug-likeness (QED) is 0.726. The van der Waals surface area contributed by atoms with Gasteiger partial charge in [0.25, 0.3) is 0 Å². The van der Waals surface area contributed by atoms with Crippen LogP contribution in [0, 0.1) is 11.3 Å². The molecule has 2 N–H and O–H groups in total. The number of rotatable bonds is 3. The van der Waals surface area contributed by atoms with Crippen LogP contribution in [0.1, 0.15) is 18.1 Å². The lowest BCUT2D eigenvalue weighted by molar-refractivity contribution is 1.14. The number of benzene rings is 2. The number of hydrogen-bond acceptors (Lipinski definition) is 3. The third-order valence-electron chi connectivity index (χ3n) is 3.97. The second kappa shape index (κ2) is 6.74. The zero-order valence-electron chi connectivity index (χ0n) is 13.3. The predicted molar refractivity (Wildman–Crippen MR) is 98.6 cm³/mol. The summed E-state index contributed by atoms with van der Waals surface area (Å²) in [7, 11) is 0. The van der Waals surface area contributed by atoms with Gasteiger partial charge in [0, 0.05) is 16.1 Å². The van der Waals surface area contributed by atoms with E-state index in [-0.39, 0.29) is 5.82 Å². The van der Waals surface area contributed by atoms with Crippen LogP contribution in [0.5, 0.6) is 0 Å². The monoisotopic (exact) mass is 333 g/mol. The molecular formula is C20H16ClN3. The average Bonchev–Trinajstić information content (AvgIpc) is 2.61. The molecule has 0 amide bonds. The Labute approximate surface area is 146 Å². The molecule has 0 atom stereocenters. The largest absolute Gasteiger partial charge is 0.383 e. The Morgan fingerprint density at radius 2 is 1.67 bits per heavy atom. The topological polar surface area (TPSA) is 62.7 Å². The Hall–Kier alpha value is -2.83. The number of pyridine rings is 1. The molecule has 2 aromatic carbocycles. The molecule has 3 nitrogen and oxygen atoms in total. The third-order valence-corrected chi connectivity index (χ3v) is 4.22. The first-order chi connectivity index (χ1) is 11.6. The molecule has 0 spiro atoms. The summed E-state index contributed by atoms with van der Waals surface area (Å²) < 4.78 is 0. The summed E-state index contributed by atoms with van der Waals surface area (Å²) in [6.07, 6.45) is 0.972. The minimum Gasteiger partial charge on any atom is -0.383 e. The molecule has 0 unspecified atom stereocenters. The molecule has 3 rings (SSSR count). The molecule has 1 aromatic heterocycles. The highest BCUT2D eigenvalue weighted by Gasteiger charge is 2.13. The van der Waals surface area contributed by atoms with Crippen molar-refractivity contribution in [3.63, 3.8) is 0 Å². The van der Waals surface area contributed by atoms with Crippen molar-refractivity contribution in [2.45, 2.75) is 13.3 Å². The van der Waals surface area contributed by atoms with E-state index in [0.717, 1.165) is 28.8 Å². The van der Waals surface area contributed by atoms with E-state index in [4.69, 9.17) is 17.3 Å². The van der Waals surface area contributed by atoms with Crippen molar-refractivity contribution in [1.82, 2.24) is 4.98 Å². The zero-order valence-corrected chi connectivity index (χ0v) is 14.0. The Kier molecular flexibility index (Phi) is 4.50. The maximum absolute atomic E-state index is 9.47. The van der Waals surface area contributed by atoms with Crippen molar-refractivity contribution in [3.8, 4) is 28.5 Å². The second-order valence-corrected chi connectivity index (χ2v) is 5.92. The summed E-state index contributed by atoms with van der Waals surface area (Å²) in [4.78, 5) is 4.38. The average molecular weight is 334 g/mol. The normalized spacial score (nSPS) is 10.4. The SMILES string of the molecule is CCc1ccc(-c2cc(-c3ccc(Cl)cc3)nc(N)c2C#N)cc1. The molecule has 0 aliphatic heterocycles. The van der Waals surface area contributed by atoms with Gasteiger partial charge in [-0.3, -0.25) is 0 Å². The molecule has 0 bridgehead atoms. The Bertz CT molecular complexity index is 907. The van der Waals surface area contributed by atoms with Crippen molar-refractivity contribution in [3.05, 3.63) is 70.7 Å². The number of nitrogens with two attached hydrogens (primary N) is 1. The Morgan fingerprint density at radius 3 is 2.25 bits per heavy atom. The number of halogens is 1. The molecule has 1 heterocycles. The summed E-state index contributed by atoms with van der Waals surface area (Å²) >= 11 is 5.95. The molecule has 0 radical (unpaired) electrons. The zero-order chi connectivity index (χ0) is 17.1. The molecular weight excluding hydrogens is 318 g/mol. The van der Waals surface area contributed by atoms with Gasteiger partial charge in [-0.15, -0.1) is 0 Å². The molecule has 118 valence electrons. The fraction of sp³-hybridized carbons (Fsp3) is 0.100. The van der Waals surface area contributed by atoms with Crippen LogP contribution in [0.15, 0.2) is 54.6 Å². The van der Waals surface area contributed by atoms with E-state index in [0.29, 0.717) is 10.6 Å². The lowest BCUT2D eigenvalue weighted by atomic mass is 9.97. The van der Waals surface area contributed by atoms with Gasteiger partial charge >= 0.3 is 0 Å². The van der Waals surface area contributed by atoms with E-state index in [2.05, 4.69) is 30.1 Å². The van der Waals surface area contributed by atoms with Gasteiger partial charge in [-0.05, 0) is 35.7 Å². The number of aryl methyl sites for hydroxylation is 1. The maximum atomic E-state index is 9.47. The van der Waals surface area contributed by atoms with Crippen LogP contribution in [0.25, 0.3) is 22.4 Å². The van der Waals surface area contributed by atoms with Crippen LogP contribution >= 0.6 is 11.6 Å². The van der Waals surface area contributed by atoms with Crippen LogP contribution in [0.4, 0.5) is 5.82 Å². The summed E-state index contributed by atoms with van der Waals surface area (Å²) in [5, 5.41) is 10.1. The van der Waals surface area contributed by atoms with Gasteiger partial charge in [-0.25, -0.2) is 4.98 Å². The van der Waals surface area contributed by atoms with Gasteiger partial charge in [0.2, 0.25) is 0 Å². The molecule has 0 saturated carbocycles. The van der Waals surface area contributed by atoms with Crippen LogP contribution in [0.3, 0.4) is 0 Å². The van der Waals surface area contributed by atoms with Crippen LogP contribution in [-0.2, 0) is 6.42 Å². The molecule has 3 aromatic rings. The highest BCUT2D eigenvalue weighted by molar-refractivity contribution is 6.30. The molecule has 0 aliphatic rings. The molecule has 0 saturated heterocycles. The van der Waals surface area contributed by atoms with Crippen LogP contribution < -0.4 is 5.73 Å². The van der Waals surface area contributed by atoms with E-state index in [1.807, 2.05) is 42.5 Å². The Morgan fingerprint density at radius 1 is 1.04 bits per heavy atom. The summed E-state index contributed by atoms with van der Waals surface area (Å²) in [6.45, 7) is 2.11. The number of aromatic nitrogens is 1. The van der Waals surface area contributed by atoms with Crippen molar-refractivity contribution >= 4 is 17.4 Å². The minimum absolute atomic E-state index is 0.236. The van der Waals surface area contributed by atoms with Crippen molar-refractivity contribution in [2.75, 3.05) is 5.73 Å². The van der Waals surface area contributed by atoms with Gasteiger partial charge in [0.1, 0.15) is 17.5 Å². The summed E-state index contributed by atoms with van der Waals surface area (Å²) in [5.41, 5.74) is 11.0. The van der Waals surface area contributed by atoms with Gasteiger partial charge < -0.3 is 5.73 Å². The van der Waals surface area contributed by atoms with Gasteiger partial charge in [0.05, 0.1) is 5.69 Å². The van der Waals surface area contributed by atoms with E-state index in [9.17, 15) is 5.26 Å². The highest BCUT2D eigenvalue weighted by Crippen LogP contribution is 2.31. The number of nitrogen functional groups attached to an aromatic ring is 1.